The van der Waals surface area contributed by atoms with Gasteiger partial charge in [-0.3, -0.25) is 0 Å². The number of nitrogens with zero attached hydrogens (tertiary/aromatic N) is 2. The number of rotatable bonds is 5. The summed E-state index contributed by atoms with van der Waals surface area (Å²) in [6.07, 6.45) is 20.7. The van der Waals surface area contributed by atoms with Crippen LogP contribution in [-0.2, 0) is 0 Å². The van der Waals surface area contributed by atoms with E-state index in [1.807, 2.05) is 6.20 Å². The van der Waals surface area contributed by atoms with Crippen LogP contribution in [0.2, 0.25) is 0 Å². The maximum absolute atomic E-state index is 4.40. The summed E-state index contributed by atoms with van der Waals surface area (Å²) in [6.45, 7) is 4.77. The zero-order valence-electron chi connectivity index (χ0n) is 14.0. The normalized spacial score (nSPS) is 30.5. The second-order valence-electron chi connectivity index (χ2n) is 7.28. The summed E-state index contributed by atoms with van der Waals surface area (Å²) in [5.74, 6) is 1.94. The third-order valence-corrected chi connectivity index (χ3v) is 5.91. The molecule has 2 aliphatic carbocycles. The van der Waals surface area contributed by atoms with Crippen LogP contribution in [0.1, 0.15) is 70.4 Å². The summed E-state index contributed by atoms with van der Waals surface area (Å²) in [7, 11) is 0. The van der Waals surface area contributed by atoms with Gasteiger partial charge in [-0.05, 0) is 18.3 Å². The van der Waals surface area contributed by atoms with Crippen LogP contribution in [0.15, 0.2) is 30.5 Å². The highest BCUT2D eigenvalue weighted by Crippen LogP contribution is 2.52. The lowest BCUT2D eigenvalue weighted by Gasteiger charge is -2.46. The lowest BCUT2D eigenvalue weighted by atomic mass is 9.58. The molecule has 3 atom stereocenters. The molecule has 1 fully saturated rings. The number of allylic oxidation sites excluding steroid dienone is 4. The molecule has 3 unspecified atom stereocenters. The number of hydrogen-bond acceptors (Lipinski definition) is 2. The Labute approximate surface area is 134 Å². The highest BCUT2D eigenvalue weighted by molar-refractivity contribution is 5.29. The molecule has 0 aromatic carbocycles. The highest BCUT2D eigenvalue weighted by atomic mass is 15.3. The summed E-state index contributed by atoms with van der Waals surface area (Å²) >= 11 is 0. The molecule has 2 aliphatic rings. The molecule has 1 saturated carbocycles. The first-order chi connectivity index (χ1) is 10.8. The van der Waals surface area contributed by atoms with E-state index in [1.54, 1.807) is 0 Å². The standard InChI is InChI=1S/C19H29N3/c1-3-9-16(15-10-5-4-6-11-15)19(2)13-8-7-12-17(19)18-14-20-22-21-18/h7-8,12-17H,3-6,9-11H2,1-2H3,(H,20,21,22). The average molecular weight is 299 g/mol. The zero-order chi connectivity index (χ0) is 15.4. The van der Waals surface area contributed by atoms with Crippen molar-refractivity contribution in [2.24, 2.45) is 17.3 Å². The maximum Gasteiger partial charge on any atom is 0.0901 e. The number of hydrogen-bond donors (Lipinski definition) is 1. The summed E-state index contributed by atoms with van der Waals surface area (Å²) in [4.78, 5) is 0. The molecule has 0 amide bonds. The Morgan fingerprint density at radius 3 is 2.77 bits per heavy atom. The molecule has 1 N–H and O–H groups in total. The fourth-order valence-electron chi connectivity index (χ4n) is 4.78. The van der Waals surface area contributed by atoms with Crippen LogP contribution in [0.25, 0.3) is 0 Å². The predicted octanol–water partition coefficient (Wildman–Crippen LogP) is 5.02. The Morgan fingerprint density at radius 1 is 1.27 bits per heavy atom. The largest absolute Gasteiger partial charge is 0.198 e. The van der Waals surface area contributed by atoms with E-state index in [0.29, 0.717) is 5.92 Å². The van der Waals surface area contributed by atoms with Crippen LogP contribution < -0.4 is 0 Å². The molecule has 3 rings (SSSR count). The maximum atomic E-state index is 4.40. The van der Waals surface area contributed by atoms with Crippen molar-refractivity contribution in [1.29, 1.82) is 0 Å². The first-order valence-corrected chi connectivity index (χ1v) is 8.97. The molecule has 0 bridgehead atoms. The van der Waals surface area contributed by atoms with E-state index in [2.05, 4.69) is 53.6 Å². The average Bonchev–Trinajstić information content (AvgIpc) is 3.08. The first kappa shape index (κ1) is 15.5. The first-order valence-electron chi connectivity index (χ1n) is 8.97. The topological polar surface area (TPSA) is 41.6 Å². The minimum atomic E-state index is 0.156. The van der Waals surface area contributed by atoms with Crippen LogP contribution in [0, 0.1) is 17.3 Å². The summed E-state index contributed by atoms with van der Waals surface area (Å²) in [6, 6.07) is 0. The second-order valence-corrected chi connectivity index (χ2v) is 7.28. The molecule has 0 aliphatic heterocycles. The van der Waals surface area contributed by atoms with Crippen molar-refractivity contribution < 1.29 is 0 Å². The Balaban J connectivity index is 1.91. The quantitative estimate of drug-likeness (QED) is 0.829. The van der Waals surface area contributed by atoms with Gasteiger partial charge in [0.25, 0.3) is 0 Å². The van der Waals surface area contributed by atoms with Gasteiger partial charge < -0.3 is 0 Å². The Bertz CT molecular complexity index is 511. The van der Waals surface area contributed by atoms with Crippen LogP contribution in [0.3, 0.4) is 0 Å². The summed E-state index contributed by atoms with van der Waals surface area (Å²) in [5.41, 5.74) is 1.24. The molecule has 1 aromatic rings. The van der Waals surface area contributed by atoms with Gasteiger partial charge in [-0.2, -0.15) is 15.4 Å². The molecule has 1 heterocycles. The van der Waals surface area contributed by atoms with Crippen LogP contribution in [-0.4, -0.2) is 15.4 Å². The van der Waals surface area contributed by atoms with E-state index in [9.17, 15) is 0 Å². The second kappa shape index (κ2) is 6.80. The molecule has 0 radical (unpaired) electrons. The zero-order valence-corrected chi connectivity index (χ0v) is 14.0. The summed E-state index contributed by atoms with van der Waals surface area (Å²) < 4.78 is 0. The van der Waals surface area contributed by atoms with Crippen LogP contribution in [0.5, 0.6) is 0 Å². The molecule has 0 spiro atoms. The minimum Gasteiger partial charge on any atom is -0.198 e. The Hall–Kier alpha value is -1.38. The van der Waals surface area contributed by atoms with Gasteiger partial charge in [-0.1, -0.05) is 76.7 Å². The molecular formula is C19H29N3. The smallest absolute Gasteiger partial charge is 0.0901 e. The van der Waals surface area contributed by atoms with Gasteiger partial charge in [0.1, 0.15) is 0 Å². The van der Waals surface area contributed by atoms with Crippen molar-refractivity contribution in [3.63, 3.8) is 0 Å². The van der Waals surface area contributed by atoms with Crippen molar-refractivity contribution in [3.8, 4) is 0 Å². The van der Waals surface area contributed by atoms with Crippen molar-refractivity contribution >= 4 is 0 Å². The van der Waals surface area contributed by atoms with Crippen molar-refractivity contribution in [3.05, 3.63) is 36.2 Å². The van der Waals surface area contributed by atoms with Gasteiger partial charge in [0, 0.05) is 11.3 Å². The lowest BCUT2D eigenvalue weighted by Crippen LogP contribution is -2.38. The lowest BCUT2D eigenvalue weighted by molar-refractivity contribution is 0.108. The molecule has 3 nitrogen and oxygen atoms in total. The van der Waals surface area contributed by atoms with E-state index in [4.69, 9.17) is 0 Å². The van der Waals surface area contributed by atoms with Gasteiger partial charge in [0.2, 0.25) is 0 Å². The minimum absolute atomic E-state index is 0.156. The number of aromatic nitrogens is 3. The fraction of sp³-hybridized carbons (Fsp3) is 0.684. The van der Waals surface area contributed by atoms with Crippen LogP contribution in [0.4, 0.5) is 0 Å². The van der Waals surface area contributed by atoms with Gasteiger partial charge in [0.15, 0.2) is 0 Å². The van der Waals surface area contributed by atoms with Gasteiger partial charge in [0.05, 0.1) is 11.9 Å². The van der Waals surface area contributed by atoms with Gasteiger partial charge in [-0.25, -0.2) is 0 Å². The van der Waals surface area contributed by atoms with E-state index in [1.165, 1.54) is 44.9 Å². The van der Waals surface area contributed by atoms with E-state index >= 15 is 0 Å². The molecule has 22 heavy (non-hydrogen) atoms. The van der Waals surface area contributed by atoms with Crippen molar-refractivity contribution in [2.45, 2.75) is 64.7 Å². The number of aromatic amines is 1. The van der Waals surface area contributed by atoms with E-state index in [-0.39, 0.29) is 5.41 Å². The Kier molecular flexibility index (Phi) is 4.80. The third-order valence-electron chi connectivity index (χ3n) is 5.91. The number of nitrogens with one attached hydrogen (secondary N) is 1. The monoisotopic (exact) mass is 299 g/mol. The SMILES string of the molecule is CCCC(C1CCCCC1)C1(C)C=CC=CC1c1cn[nH]n1. The molecule has 0 saturated heterocycles. The van der Waals surface area contributed by atoms with Gasteiger partial charge in [-0.15, -0.1) is 0 Å². The third kappa shape index (κ3) is 2.90. The fourth-order valence-corrected chi connectivity index (χ4v) is 4.78. The van der Waals surface area contributed by atoms with Crippen molar-refractivity contribution in [2.75, 3.05) is 0 Å². The molecule has 1 aromatic heterocycles. The highest BCUT2D eigenvalue weighted by Gasteiger charge is 2.43. The van der Waals surface area contributed by atoms with E-state index in [0.717, 1.165) is 17.5 Å². The van der Waals surface area contributed by atoms with Gasteiger partial charge >= 0.3 is 0 Å². The van der Waals surface area contributed by atoms with Crippen LogP contribution >= 0.6 is 0 Å². The predicted molar refractivity (Wildman–Crippen MR) is 90.5 cm³/mol. The molecular weight excluding hydrogens is 270 g/mol. The van der Waals surface area contributed by atoms with E-state index < -0.39 is 0 Å². The van der Waals surface area contributed by atoms with Crippen molar-refractivity contribution in [1.82, 2.24) is 15.4 Å². The number of H-pyrrole nitrogens is 1. The summed E-state index contributed by atoms with van der Waals surface area (Å²) in [5, 5.41) is 11.2. The molecule has 120 valence electrons. The Morgan fingerprint density at radius 2 is 2.09 bits per heavy atom. The molecule has 3 heteroatoms.